The van der Waals surface area contributed by atoms with Crippen LogP contribution in [0.1, 0.15) is 42.9 Å². The molecule has 4 rings (SSSR count). The number of carbonyl (C=O) groups excluding carboxylic acids is 1. The number of halogens is 3. The Hall–Kier alpha value is -2.37. The zero-order valence-electron chi connectivity index (χ0n) is 16.1. The molecule has 1 aromatic carbocycles. The molecular weight excluding hydrogens is 412 g/mol. The van der Waals surface area contributed by atoms with Gasteiger partial charge in [0, 0.05) is 48.7 Å². The van der Waals surface area contributed by atoms with Gasteiger partial charge in [-0.15, -0.1) is 0 Å². The Morgan fingerprint density at radius 1 is 1.34 bits per heavy atom. The van der Waals surface area contributed by atoms with Crippen molar-refractivity contribution in [3.63, 3.8) is 0 Å². The van der Waals surface area contributed by atoms with Crippen LogP contribution in [0.4, 0.5) is 4.39 Å². The van der Waals surface area contributed by atoms with Crippen LogP contribution < -0.4 is 0 Å². The molecule has 0 fully saturated rings. The predicted octanol–water partition coefficient (Wildman–Crippen LogP) is 5.80. The molecule has 0 aliphatic carbocycles. The molecule has 2 aromatic heterocycles. The van der Waals surface area contributed by atoms with Crippen molar-refractivity contribution in [3.05, 3.63) is 69.2 Å². The van der Waals surface area contributed by atoms with Gasteiger partial charge < -0.3 is 9.88 Å². The van der Waals surface area contributed by atoms with Crippen LogP contribution in [0.25, 0.3) is 16.6 Å². The first-order chi connectivity index (χ1) is 13.9. The van der Waals surface area contributed by atoms with Gasteiger partial charge in [0.25, 0.3) is 0 Å². The van der Waals surface area contributed by atoms with Crippen LogP contribution in [0.15, 0.2) is 36.7 Å². The number of rotatable bonds is 3. The molecule has 1 N–H and O–H groups in total. The lowest BCUT2D eigenvalue weighted by Crippen LogP contribution is -2.32. The van der Waals surface area contributed by atoms with E-state index in [1.807, 2.05) is 24.2 Å². The second kappa shape index (κ2) is 7.81. The Morgan fingerprint density at radius 2 is 2.14 bits per heavy atom. The largest absolute Gasteiger partial charge is 0.346 e. The molecule has 0 radical (unpaired) electrons. The maximum atomic E-state index is 14.0. The summed E-state index contributed by atoms with van der Waals surface area (Å²) in [6, 6.07) is 4.89. The Bertz CT molecular complexity index is 1140. The van der Waals surface area contributed by atoms with Crippen LogP contribution in [-0.4, -0.2) is 33.9 Å². The number of amides is 1. The quantitative estimate of drug-likeness (QED) is 0.532. The lowest BCUT2D eigenvalue weighted by molar-refractivity contribution is -0.128. The summed E-state index contributed by atoms with van der Waals surface area (Å²) in [5.41, 5.74) is 4.45. The summed E-state index contributed by atoms with van der Waals surface area (Å²) in [7, 11) is 0. The number of pyridine rings is 1. The first-order valence-electron chi connectivity index (χ1n) is 9.42. The van der Waals surface area contributed by atoms with E-state index in [0.717, 1.165) is 28.6 Å². The third kappa shape index (κ3) is 3.65. The number of carbonyl (C=O) groups is 1. The minimum Gasteiger partial charge on any atom is -0.346 e. The number of hydrogen-bond acceptors (Lipinski definition) is 2. The van der Waals surface area contributed by atoms with E-state index < -0.39 is 5.82 Å². The molecule has 1 aliphatic heterocycles. The summed E-state index contributed by atoms with van der Waals surface area (Å²) in [4.78, 5) is 21.1. The predicted molar refractivity (Wildman–Crippen MR) is 115 cm³/mol. The first kappa shape index (κ1) is 19.9. The average Bonchev–Trinajstić information content (AvgIpc) is 3.14. The van der Waals surface area contributed by atoms with Gasteiger partial charge in [0.05, 0.1) is 5.02 Å². The topological polar surface area (TPSA) is 49.0 Å². The molecule has 1 amide bonds. The second-order valence-corrected chi connectivity index (χ2v) is 8.07. The van der Waals surface area contributed by atoms with Gasteiger partial charge in [0.2, 0.25) is 5.91 Å². The van der Waals surface area contributed by atoms with E-state index in [2.05, 4.69) is 22.1 Å². The van der Waals surface area contributed by atoms with Crippen LogP contribution in [-0.2, 0) is 4.79 Å². The number of nitrogens with zero attached hydrogens (tertiary/aromatic N) is 2. The Labute approximate surface area is 178 Å². The van der Waals surface area contributed by atoms with Gasteiger partial charge in [-0.2, -0.15) is 0 Å². The number of benzene rings is 1. The van der Waals surface area contributed by atoms with Gasteiger partial charge in [-0.3, -0.25) is 4.79 Å². The van der Waals surface area contributed by atoms with E-state index in [4.69, 9.17) is 23.2 Å². The maximum absolute atomic E-state index is 14.0. The third-order valence-electron chi connectivity index (χ3n) is 5.57. The molecule has 1 aliphatic rings. The maximum Gasteiger partial charge on any atom is 0.219 e. The molecule has 3 aromatic rings. The monoisotopic (exact) mass is 431 g/mol. The number of hydrogen-bond donors (Lipinski definition) is 1. The van der Waals surface area contributed by atoms with E-state index in [1.165, 1.54) is 17.7 Å². The molecular formula is C22H20Cl2FN3O. The summed E-state index contributed by atoms with van der Waals surface area (Å²) in [6.07, 6.45) is 6.56. The van der Waals surface area contributed by atoms with Gasteiger partial charge >= 0.3 is 0 Å². The SMILES string of the molecule is CC(=O)N1CC=C(c2cnc3[nH]cc(C(C)c4c(Cl)ccc(F)c4Cl)c3c2)CC1. The van der Waals surface area contributed by atoms with Gasteiger partial charge in [-0.1, -0.05) is 36.2 Å². The van der Waals surface area contributed by atoms with Crippen molar-refractivity contribution in [2.45, 2.75) is 26.2 Å². The van der Waals surface area contributed by atoms with Crippen LogP contribution in [0.2, 0.25) is 10.0 Å². The summed E-state index contributed by atoms with van der Waals surface area (Å²) in [5, 5.41) is 1.42. The van der Waals surface area contributed by atoms with Crippen LogP contribution in [0, 0.1) is 5.82 Å². The van der Waals surface area contributed by atoms with Crippen molar-refractivity contribution >= 4 is 45.7 Å². The number of H-pyrrole nitrogens is 1. The van der Waals surface area contributed by atoms with Crippen molar-refractivity contribution in [3.8, 4) is 0 Å². The zero-order chi connectivity index (χ0) is 20.7. The highest BCUT2D eigenvalue weighted by atomic mass is 35.5. The molecule has 1 atom stereocenters. The number of fused-ring (bicyclic) bond motifs is 1. The van der Waals surface area contributed by atoms with E-state index in [-0.39, 0.29) is 16.8 Å². The van der Waals surface area contributed by atoms with Crippen molar-refractivity contribution in [2.24, 2.45) is 0 Å². The Kier molecular flexibility index (Phi) is 5.36. The molecule has 0 bridgehead atoms. The van der Waals surface area contributed by atoms with Gasteiger partial charge in [0.1, 0.15) is 11.5 Å². The molecule has 150 valence electrons. The molecule has 0 saturated heterocycles. The fourth-order valence-electron chi connectivity index (χ4n) is 3.87. The lowest BCUT2D eigenvalue weighted by atomic mass is 9.92. The van der Waals surface area contributed by atoms with E-state index in [9.17, 15) is 9.18 Å². The van der Waals surface area contributed by atoms with Crippen molar-refractivity contribution in [2.75, 3.05) is 13.1 Å². The van der Waals surface area contributed by atoms with E-state index >= 15 is 0 Å². The highest BCUT2D eigenvalue weighted by molar-refractivity contribution is 6.36. The molecule has 7 heteroatoms. The molecule has 4 nitrogen and oxygen atoms in total. The summed E-state index contributed by atoms with van der Waals surface area (Å²) in [6.45, 7) is 4.84. The molecule has 1 unspecified atom stereocenters. The molecule has 0 saturated carbocycles. The minimum atomic E-state index is -0.487. The second-order valence-electron chi connectivity index (χ2n) is 7.29. The van der Waals surface area contributed by atoms with Crippen molar-refractivity contribution in [1.29, 1.82) is 0 Å². The number of aromatic amines is 1. The highest BCUT2D eigenvalue weighted by Gasteiger charge is 2.22. The van der Waals surface area contributed by atoms with Gasteiger partial charge in [-0.25, -0.2) is 9.37 Å². The Balaban J connectivity index is 1.74. The highest BCUT2D eigenvalue weighted by Crippen LogP contribution is 2.39. The van der Waals surface area contributed by atoms with Crippen molar-refractivity contribution in [1.82, 2.24) is 14.9 Å². The van der Waals surface area contributed by atoms with Gasteiger partial charge in [0.15, 0.2) is 0 Å². The van der Waals surface area contributed by atoms with Crippen LogP contribution in [0.5, 0.6) is 0 Å². The number of aromatic nitrogens is 2. The van der Waals surface area contributed by atoms with Crippen LogP contribution in [0.3, 0.4) is 0 Å². The minimum absolute atomic E-state index is 0.0442. The first-order valence-corrected chi connectivity index (χ1v) is 10.2. The molecule has 29 heavy (non-hydrogen) atoms. The fourth-order valence-corrected chi connectivity index (χ4v) is 4.57. The lowest BCUT2D eigenvalue weighted by Gasteiger charge is -2.25. The summed E-state index contributed by atoms with van der Waals surface area (Å²) in [5.74, 6) is -0.622. The molecule has 0 spiro atoms. The van der Waals surface area contributed by atoms with Crippen LogP contribution >= 0.6 is 23.2 Å². The van der Waals surface area contributed by atoms with Crippen molar-refractivity contribution < 1.29 is 9.18 Å². The zero-order valence-corrected chi connectivity index (χ0v) is 17.6. The standard InChI is InChI=1S/C22H20Cl2FN3O/c1-12(20-18(23)3-4-19(25)21(20)24)17-11-27-22-16(17)9-15(10-26-22)14-5-7-28(8-6-14)13(2)29/h3-5,9-12H,6-8H2,1-2H3,(H,26,27). The normalized spacial score (nSPS) is 15.5. The average molecular weight is 432 g/mol. The fraction of sp³-hybridized carbons (Fsp3) is 0.273. The summed E-state index contributed by atoms with van der Waals surface area (Å²) >= 11 is 12.6. The Morgan fingerprint density at radius 3 is 2.83 bits per heavy atom. The number of nitrogens with one attached hydrogen (secondary N) is 1. The smallest absolute Gasteiger partial charge is 0.219 e. The summed E-state index contributed by atoms with van der Waals surface area (Å²) < 4.78 is 14.0. The van der Waals surface area contributed by atoms with E-state index in [0.29, 0.717) is 23.7 Å². The molecule has 3 heterocycles. The third-order valence-corrected chi connectivity index (χ3v) is 6.28. The van der Waals surface area contributed by atoms with Gasteiger partial charge in [-0.05, 0) is 46.9 Å². The van der Waals surface area contributed by atoms with E-state index in [1.54, 1.807) is 6.92 Å².